The van der Waals surface area contributed by atoms with Crippen molar-refractivity contribution < 1.29 is 4.74 Å². The van der Waals surface area contributed by atoms with E-state index in [1.807, 2.05) is 22.9 Å². The number of benzene rings is 1. The predicted molar refractivity (Wildman–Crippen MR) is 77.7 cm³/mol. The summed E-state index contributed by atoms with van der Waals surface area (Å²) in [6.45, 7) is 7.06. The van der Waals surface area contributed by atoms with Crippen LogP contribution >= 0.6 is 0 Å². The number of hydrogen-bond acceptors (Lipinski definition) is 3. The molecule has 0 bridgehead atoms. The van der Waals surface area contributed by atoms with Crippen molar-refractivity contribution in [1.29, 1.82) is 0 Å². The molecule has 1 N–H and O–H groups in total. The lowest BCUT2D eigenvalue weighted by Gasteiger charge is -2.07. The number of aromatic nitrogens is 2. The molecule has 4 nitrogen and oxygen atoms in total. The van der Waals surface area contributed by atoms with Crippen molar-refractivity contribution in [2.24, 2.45) is 0 Å². The average Bonchev–Trinajstić information content (AvgIpc) is 2.78. The molecule has 0 atom stereocenters. The Hall–Kier alpha value is -1.97. The number of nitrogens with one attached hydrogen (secondary N) is 1. The van der Waals surface area contributed by atoms with Crippen LogP contribution in [-0.2, 0) is 6.54 Å². The molecule has 0 spiro atoms. The van der Waals surface area contributed by atoms with E-state index in [1.54, 1.807) is 7.11 Å². The van der Waals surface area contributed by atoms with Crippen LogP contribution in [0.25, 0.3) is 0 Å². The van der Waals surface area contributed by atoms with Crippen LogP contribution < -0.4 is 10.1 Å². The van der Waals surface area contributed by atoms with Gasteiger partial charge in [-0.2, -0.15) is 5.10 Å². The van der Waals surface area contributed by atoms with Gasteiger partial charge in [0.05, 0.1) is 7.11 Å². The van der Waals surface area contributed by atoms with Gasteiger partial charge in [0, 0.05) is 24.3 Å². The molecular formula is C15H21N3O. The highest BCUT2D eigenvalue weighted by atomic mass is 16.5. The Morgan fingerprint density at radius 1 is 1.37 bits per heavy atom. The molecule has 102 valence electrons. The number of hydrogen-bond donors (Lipinski definition) is 1. The SMILES string of the molecule is COc1cccc(CNc2nn(C(C)C)cc2C)c1. The molecule has 0 unspecified atom stereocenters. The Morgan fingerprint density at radius 3 is 2.79 bits per heavy atom. The lowest BCUT2D eigenvalue weighted by atomic mass is 10.2. The minimum Gasteiger partial charge on any atom is -0.497 e. The molecular weight excluding hydrogens is 238 g/mol. The van der Waals surface area contributed by atoms with E-state index in [9.17, 15) is 0 Å². The monoisotopic (exact) mass is 259 g/mol. The fourth-order valence-corrected chi connectivity index (χ4v) is 1.89. The van der Waals surface area contributed by atoms with E-state index in [-0.39, 0.29) is 0 Å². The Balaban J connectivity index is 2.05. The molecule has 0 aliphatic heterocycles. The van der Waals surface area contributed by atoms with Gasteiger partial charge in [0.25, 0.3) is 0 Å². The fraction of sp³-hybridized carbons (Fsp3) is 0.400. The van der Waals surface area contributed by atoms with Gasteiger partial charge in [0.1, 0.15) is 5.75 Å². The predicted octanol–water partition coefficient (Wildman–Crippen LogP) is 3.39. The topological polar surface area (TPSA) is 39.1 Å². The van der Waals surface area contributed by atoms with Crippen molar-refractivity contribution in [1.82, 2.24) is 9.78 Å². The van der Waals surface area contributed by atoms with Gasteiger partial charge < -0.3 is 10.1 Å². The number of anilines is 1. The first kappa shape index (κ1) is 13.5. The van der Waals surface area contributed by atoms with E-state index in [1.165, 1.54) is 5.56 Å². The minimum absolute atomic E-state index is 0.381. The highest BCUT2D eigenvalue weighted by Crippen LogP contribution is 2.17. The molecule has 0 saturated heterocycles. The van der Waals surface area contributed by atoms with Crippen molar-refractivity contribution >= 4 is 5.82 Å². The Kier molecular flexibility index (Phi) is 4.10. The zero-order valence-electron chi connectivity index (χ0n) is 12.0. The van der Waals surface area contributed by atoms with E-state index >= 15 is 0 Å². The molecule has 0 fully saturated rings. The molecule has 0 radical (unpaired) electrons. The van der Waals surface area contributed by atoms with Crippen molar-refractivity contribution in [3.05, 3.63) is 41.6 Å². The number of rotatable bonds is 5. The van der Waals surface area contributed by atoms with Gasteiger partial charge in [0.15, 0.2) is 5.82 Å². The molecule has 2 rings (SSSR count). The molecule has 0 aliphatic carbocycles. The van der Waals surface area contributed by atoms with Gasteiger partial charge in [-0.25, -0.2) is 0 Å². The lowest BCUT2D eigenvalue weighted by Crippen LogP contribution is -2.04. The van der Waals surface area contributed by atoms with E-state index < -0.39 is 0 Å². The Labute approximate surface area is 114 Å². The van der Waals surface area contributed by atoms with Gasteiger partial charge in [-0.15, -0.1) is 0 Å². The number of nitrogens with zero attached hydrogens (tertiary/aromatic N) is 2. The zero-order chi connectivity index (χ0) is 13.8. The van der Waals surface area contributed by atoms with Crippen molar-refractivity contribution in [2.45, 2.75) is 33.4 Å². The molecule has 2 aromatic rings. The van der Waals surface area contributed by atoms with Gasteiger partial charge in [0.2, 0.25) is 0 Å². The summed E-state index contributed by atoms with van der Waals surface area (Å²) in [5, 5.41) is 7.91. The summed E-state index contributed by atoms with van der Waals surface area (Å²) in [7, 11) is 1.68. The second-order valence-corrected chi connectivity index (χ2v) is 4.94. The first-order valence-corrected chi connectivity index (χ1v) is 6.52. The van der Waals surface area contributed by atoms with Crippen LogP contribution in [-0.4, -0.2) is 16.9 Å². The van der Waals surface area contributed by atoms with Gasteiger partial charge in [-0.05, 0) is 38.5 Å². The molecule has 0 amide bonds. The number of ether oxygens (including phenoxy) is 1. The van der Waals surface area contributed by atoms with Gasteiger partial charge in [-0.1, -0.05) is 12.1 Å². The largest absolute Gasteiger partial charge is 0.497 e. The van der Waals surface area contributed by atoms with Crippen LogP contribution in [0.5, 0.6) is 5.75 Å². The summed E-state index contributed by atoms with van der Waals surface area (Å²) >= 11 is 0. The second kappa shape index (κ2) is 5.78. The lowest BCUT2D eigenvalue weighted by molar-refractivity contribution is 0.414. The van der Waals surface area contributed by atoms with E-state index in [2.05, 4.69) is 43.4 Å². The highest BCUT2D eigenvalue weighted by molar-refractivity contribution is 5.43. The van der Waals surface area contributed by atoms with Crippen molar-refractivity contribution in [2.75, 3.05) is 12.4 Å². The summed E-state index contributed by atoms with van der Waals surface area (Å²) in [4.78, 5) is 0. The van der Waals surface area contributed by atoms with Crippen LogP contribution in [0.15, 0.2) is 30.5 Å². The average molecular weight is 259 g/mol. The summed E-state index contributed by atoms with van der Waals surface area (Å²) < 4.78 is 7.19. The Morgan fingerprint density at radius 2 is 2.16 bits per heavy atom. The van der Waals surface area contributed by atoms with Crippen molar-refractivity contribution in [3.63, 3.8) is 0 Å². The summed E-state index contributed by atoms with van der Waals surface area (Å²) in [5.41, 5.74) is 2.34. The Bertz CT molecular complexity index is 546. The normalized spacial score (nSPS) is 10.8. The third-order valence-electron chi connectivity index (χ3n) is 3.04. The quantitative estimate of drug-likeness (QED) is 0.894. The molecule has 0 saturated carbocycles. The first-order chi connectivity index (χ1) is 9.10. The summed E-state index contributed by atoms with van der Waals surface area (Å²) in [5.74, 6) is 1.82. The summed E-state index contributed by atoms with van der Waals surface area (Å²) in [6.07, 6.45) is 2.07. The summed E-state index contributed by atoms with van der Waals surface area (Å²) in [6, 6.07) is 8.43. The third kappa shape index (κ3) is 3.28. The molecule has 1 aromatic carbocycles. The second-order valence-electron chi connectivity index (χ2n) is 4.94. The molecule has 1 aromatic heterocycles. The smallest absolute Gasteiger partial charge is 0.151 e. The standard InChI is InChI=1S/C15H21N3O/c1-11(2)18-10-12(3)15(17-18)16-9-13-6-5-7-14(8-13)19-4/h5-8,10-11H,9H2,1-4H3,(H,16,17). The number of methoxy groups -OCH3 is 1. The van der Waals surface area contributed by atoms with E-state index in [0.29, 0.717) is 6.04 Å². The van der Waals surface area contributed by atoms with Crippen LogP contribution in [0.2, 0.25) is 0 Å². The zero-order valence-corrected chi connectivity index (χ0v) is 12.0. The molecule has 0 aliphatic rings. The van der Waals surface area contributed by atoms with Gasteiger partial charge >= 0.3 is 0 Å². The number of aryl methyl sites for hydroxylation is 1. The molecule has 1 heterocycles. The van der Waals surface area contributed by atoms with Crippen LogP contribution in [0.4, 0.5) is 5.82 Å². The maximum Gasteiger partial charge on any atom is 0.151 e. The molecule has 4 heteroatoms. The molecule has 19 heavy (non-hydrogen) atoms. The van der Waals surface area contributed by atoms with Crippen LogP contribution in [0.1, 0.15) is 31.0 Å². The third-order valence-corrected chi connectivity index (χ3v) is 3.04. The van der Waals surface area contributed by atoms with Crippen molar-refractivity contribution in [3.8, 4) is 5.75 Å². The maximum absolute atomic E-state index is 5.22. The van der Waals surface area contributed by atoms with E-state index in [0.717, 1.165) is 23.7 Å². The highest BCUT2D eigenvalue weighted by Gasteiger charge is 2.06. The fourth-order valence-electron chi connectivity index (χ4n) is 1.89. The van der Waals surface area contributed by atoms with Gasteiger partial charge in [-0.3, -0.25) is 4.68 Å². The van der Waals surface area contributed by atoms with E-state index in [4.69, 9.17) is 4.74 Å². The van der Waals surface area contributed by atoms with Crippen LogP contribution in [0.3, 0.4) is 0 Å². The maximum atomic E-state index is 5.22. The van der Waals surface area contributed by atoms with Crippen LogP contribution in [0, 0.1) is 6.92 Å². The minimum atomic E-state index is 0.381. The first-order valence-electron chi connectivity index (χ1n) is 6.52.